The number of nitrogen functional groups attached to an aromatic ring is 1. The van der Waals surface area contributed by atoms with E-state index in [1.807, 2.05) is 6.07 Å². The van der Waals surface area contributed by atoms with E-state index in [1.54, 1.807) is 24.3 Å². The van der Waals surface area contributed by atoms with Gasteiger partial charge in [0.1, 0.15) is 4.90 Å². The molecule has 0 fully saturated rings. The summed E-state index contributed by atoms with van der Waals surface area (Å²) in [6.07, 6.45) is 1.44. The molecule has 7 nitrogen and oxygen atoms in total. The van der Waals surface area contributed by atoms with Gasteiger partial charge in [-0.15, -0.1) is 0 Å². The average Bonchev–Trinajstić information content (AvgIpc) is 2.53. The molecule has 8 heteroatoms. The second kappa shape index (κ2) is 6.32. The van der Waals surface area contributed by atoms with Crippen LogP contribution in [0.1, 0.15) is 11.1 Å². The van der Waals surface area contributed by atoms with Gasteiger partial charge in [-0.3, -0.25) is 0 Å². The lowest BCUT2D eigenvalue weighted by molar-refractivity contribution is 0.581. The van der Waals surface area contributed by atoms with E-state index in [0.717, 1.165) is 5.56 Å². The number of hydrogen-bond donors (Lipinski definition) is 3. The van der Waals surface area contributed by atoms with Gasteiger partial charge in [-0.2, -0.15) is 5.26 Å². The molecule has 21 heavy (non-hydrogen) atoms. The van der Waals surface area contributed by atoms with Crippen LogP contribution in [0.2, 0.25) is 0 Å². The molecule has 0 bridgehead atoms. The predicted octanol–water partition coefficient (Wildman–Crippen LogP) is 0.717. The Labute approximate surface area is 122 Å². The third-order valence-electron chi connectivity index (χ3n) is 2.75. The Morgan fingerprint density at radius 2 is 1.95 bits per heavy atom. The van der Waals surface area contributed by atoms with Crippen molar-refractivity contribution in [2.75, 3.05) is 5.43 Å². The maximum atomic E-state index is 12.2. The Kier molecular flexibility index (Phi) is 4.49. The topological polar surface area (TPSA) is 121 Å². The number of hydrogen-bond acceptors (Lipinski definition) is 6. The van der Waals surface area contributed by atoms with E-state index >= 15 is 0 Å². The molecule has 2 aromatic rings. The van der Waals surface area contributed by atoms with Gasteiger partial charge in [0.05, 0.1) is 11.6 Å². The molecule has 1 aromatic carbocycles. The lowest BCUT2D eigenvalue weighted by Gasteiger charge is -2.10. The van der Waals surface area contributed by atoms with Crippen LogP contribution in [-0.4, -0.2) is 13.4 Å². The number of nitrogens with one attached hydrogen (secondary N) is 2. The molecule has 0 aliphatic carbocycles. The number of rotatable bonds is 5. The number of pyridine rings is 1. The summed E-state index contributed by atoms with van der Waals surface area (Å²) in [6.45, 7) is 0.104. The molecule has 1 heterocycles. The molecule has 0 aliphatic rings. The van der Waals surface area contributed by atoms with E-state index in [4.69, 9.17) is 11.1 Å². The molecule has 0 saturated heterocycles. The zero-order valence-corrected chi connectivity index (χ0v) is 11.8. The highest BCUT2D eigenvalue weighted by Gasteiger charge is 2.18. The van der Waals surface area contributed by atoms with E-state index in [9.17, 15) is 8.42 Å². The molecule has 0 radical (unpaired) electrons. The summed E-state index contributed by atoms with van der Waals surface area (Å²) >= 11 is 0. The van der Waals surface area contributed by atoms with Crippen LogP contribution in [0.15, 0.2) is 47.5 Å². The number of nitrogens with two attached hydrogens (primary N) is 1. The van der Waals surface area contributed by atoms with E-state index in [1.165, 1.54) is 18.3 Å². The van der Waals surface area contributed by atoms with Gasteiger partial charge < -0.3 is 5.43 Å². The van der Waals surface area contributed by atoms with Crippen molar-refractivity contribution in [3.8, 4) is 6.07 Å². The van der Waals surface area contributed by atoms with Crippen molar-refractivity contribution in [2.45, 2.75) is 11.4 Å². The maximum Gasteiger partial charge on any atom is 0.244 e. The predicted molar refractivity (Wildman–Crippen MR) is 77.2 cm³/mol. The highest BCUT2D eigenvalue weighted by molar-refractivity contribution is 7.89. The first kappa shape index (κ1) is 14.9. The summed E-state index contributed by atoms with van der Waals surface area (Å²) in [6, 6.07) is 11.5. The van der Waals surface area contributed by atoms with Crippen molar-refractivity contribution in [1.82, 2.24) is 9.71 Å². The van der Waals surface area contributed by atoms with Gasteiger partial charge in [-0.25, -0.2) is 24.0 Å². The molecular weight excluding hydrogens is 290 g/mol. The zero-order chi connectivity index (χ0) is 15.3. The Balaban J connectivity index is 2.16. The van der Waals surface area contributed by atoms with Gasteiger partial charge in [-0.1, -0.05) is 12.1 Å². The summed E-state index contributed by atoms with van der Waals surface area (Å²) in [5.41, 5.74) is 3.51. The van der Waals surface area contributed by atoms with Crippen LogP contribution >= 0.6 is 0 Å². The van der Waals surface area contributed by atoms with Crippen molar-refractivity contribution in [1.29, 1.82) is 5.26 Å². The SMILES string of the molecule is N#Cc1ccc(CNS(=O)(=O)c2cccnc2NN)cc1. The minimum absolute atomic E-state index is 0.0267. The van der Waals surface area contributed by atoms with Crippen LogP contribution in [0.25, 0.3) is 0 Å². The van der Waals surface area contributed by atoms with Crippen LogP contribution in [0.3, 0.4) is 0 Å². The molecule has 4 N–H and O–H groups in total. The molecule has 0 spiro atoms. The van der Waals surface area contributed by atoms with E-state index < -0.39 is 10.0 Å². The smallest absolute Gasteiger partial charge is 0.244 e. The number of aromatic nitrogens is 1. The van der Waals surface area contributed by atoms with Crippen LogP contribution in [0.5, 0.6) is 0 Å². The number of nitriles is 1. The van der Waals surface area contributed by atoms with E-state index in [2.05, 4.69) is 15.1 Å². The minimum atomic E-state index is -3.74. The van der Waals surface area contributed by atoms with Gasteiger partial charge in [0.2, 0.25) is 10.0 Å². The van der Waals surface area contributed by atoms with Crippen LogP contribution in [0.4, 0.5) is 5.82 Å². The van der Waals surface area contributed by atoms with E-state index in [-0.39, 0.29) is 17.3 Å². The number of sulfonamides is 1. The summed E-state index contributed by atoms with van der Waals surface area (Å²) < 4.78 is 26.9. The minimum Gasteiger partial charge on any atom is -0.307 e. The van der Waals surface area contributed by atoms with Crippen molar-refractivity contribution >= 4 is 15.8 Å². The highest BCUT2D eigenvalue weighted by atomic mass is 32.2. The Morgan fingerprint density at radius 3 is 2.57 bits per heavy atom. The number of benzene rings is 1. The molecule has 0 unspecified atom stereocenters. The number of nitrogens with zero attached hydrogens (tertiary/aromatic N) is 2. The summed E-state index contributed by atoms with van der Waals surface area (Å²) in [5, 5.41) is 8.71. The largest absolute Gasteiger partial charge is 0.307 e. The van der Waals surface area contributed by atoms with Gasteiger partial charge in [0, 0.05) is 12.7 Å². The summed E-state index contributed by atoms with van der Waals surface area (Å²) in [7, 11) is -3.74. The lowest BCUT2D eigenvalue weighted by atomic mass is 10.1. The fourth-order valence-electron chi connectivity index (χ4n) is 1.67. The first-order valence-electron chi connectivity index (χ1n) is 5.97. The normalized spacial score (nSPS) is 10.9. The molecular formula is C13H13N5O2S. The Bertz CT molecular complexity index is 766. The Morgan fingerprint density at radius 1 is 1.24 bits per heavy atom. The fourth-order valence-corrected chi connectivity index (χ4v) is 2.81. The number of hydrazine groups is 1. The van der Waals surface area contributed by atoms with Crippen molar-refractivity contribution in [3.05, 3.63) is 53.7 Å². The quantitative estimate of drug-likeness (QED) is 0.552. The third-order valence-corrected chi connectivity index (χ3v) is 4.18. The molecule has 2 rings (SSSR count). The molecule has 0 atom stereocenters. The molecule has 108 valence electrons. The summed E-state index contributed by atoms with van der Waals surface area (Å²) in [5.74, 6) is 5.33. The zero-order valence-electron chi connectivity index (χ0n) is 10.9. The third kappa shape index (κ3) is 3.55. The van der Waals surface area contributed by atoms with Crippen LogP contribution in [0, 0.1) is 11.3 Å². The van der Waals surface area contributed by atoms with Gasteiger partial charge >= 0.3 is 0 Å². The van der Waals surface area contributed by atoms with Gasteiger partial charge in [0.25, 0.3) is 0 Å². The molecule has 0 amide bonds. The second-order valence-corrected chi connectivity index (χ2v) is 5.86. The monoisotopic (exact) mass is 303 g/mol. The van der Waals surface area contributed by atoms with Gasteiger partial charge in [-0.05, 0) is 29.8 Å². The van der Waals surface area contributed by atoms with Crippen molar-refractivity contribution in [3.63, 3.8) is 0 Å². The van der Waals surface area contributed by atoms with Gasteiger partial charge in [0.15, 0.2) is 5.82 Å². The van der Waals surface area contributed by atoms with Crippen LogP contribution < -0.4 is 16.0 Å². The maximum absolute atomic E-state index is 12.2. The van der Waals surface area contributed by atoms with Crippen LogP contribution in [-0.2, 0) is 16.6 Å². The summed E-state index contributed by atoms with van der Waals surface area (Å²) in [4.78, 5) is 3.82. The van der Waals surface area contributed by atoms with E-state index in [0.29, 0.717) is 5.56 Å². The first-order valence-corrected chi connectivity index (χ1v) is 7.45. The van der Waals surface area contributed by atoms with Crippen molar-refractivity contribution in [2.24, 2.45) is 5.84 Å². The molecule has 0 aliphatic heterocycles. The van der Waals surface area contributed by atoms with Crippen molar-refractivity contribution < 1.29 is 8.42 Å². The molecule has 1 aromatic heterocycles. The molecule has 0 saturated carbocycles. The second-order valence-electron chi connectivity index (χ2n) is 4.13. The number of anilines is 1. The standard InChI is InChI=1S/C13H13N5O2S/c14-8-10-3-5-11(6-4-10)9-17-21(19,20)12-2-1-7-16-13(12)18-15/h1-7,17H,9,15H2,(H,16,18). The lowest BCUT2D eigenvalue weighted by Crippen LogP contribution is -2.25. The average molecular weight is 303 g/mol. The fraction of sp³-hybridized carbons (Fsp3) is 0.0769. The highest BCUT2D eigenvalue weighted by Crippen LogP contribution is 2.17. The Hall–Kier alpha value is -2.47. The first-order chi connectivity index (χ1) is 10.1.